The maximum atomic E-state index is 12.5. The molecule has 1 aliphatic heterocycles. The molecule has 1 atom stereocenters. The SMILES string of the molecule is CC(=O)NC1CCN(C(=O)c2csc(-c3ccccc3)n2)C1. The van der Waals surface area contributed by atoms with Crippen molar-refractivity contribution in [2.45, 2.75) is 19.4 Å². The Labute approximate surface area is 133 Å². The number of nitrogens with one attached hydrogen (secondary N) is 1. The van der Waals surface area contributed by atoms with Crippen LogP contribution < -0.4 is 5.32 Å². The molecule has 22 heavy (non-hydrogen) atoms. The summed E-state index contributed by atoms with van der Waals surface area (Å²) in [5.74, 6) is -0.120. The summed E-state index contributed by atoms with van der Waals surface area (Å²) in [5.41, 5.74) is 1.50. The maximum absolute atomic E-state index is 12.5. The predicted octanol–water partition coefficient (Wildman–Crippen LogP) is 2.16. The van der Waals surface area contributed by atoms with Gasteiger partial charge in [-0.2, -0.15) is 0 Å². The van der Waals surface area contributed by atoms with Crippen LogP contribution in [0.4, 0.5) is 0 Å². The smallest absolute Gasteiger partial charge is 0.273 e. The molecule has 1 N–H and O–H groups in total. The number of thiazole rings is 1. The Hall–Kier alpha value is -2.21. The summed E-state index contributed by atoms with van der Waals surface area (Å²) >= 11 is 1.47. The first-order valence-electron chi connectivity index (χ1n) is 7.21. The van der Waals surface area contributed by atoms with Crippen LogP contribution in [-0.4, -0.2) is 40.8 Å². The Kier molecular flexibility index (Phi) is 4.20. The minimum Gasteiger partial charge on any atom is -0.352 e. The molecule has 114 valence electrons. The summed E-state index contributed by atoms with van der Waals surface area (Å²) in [6.07, 6.45) is 0.793. The van der Waals surface area contributed by atoms with Crippen LogP contribution in [0.5, 0.6) is 0 Å². The Morgan fingerprint density at radius 1 is 1.32 bits per heavy atom. The van der Waals surface area contributed by atoms with Crippen molar-refractivity contribution in [3.05, 3.63) is 41.4 Å². The molecule has 1 unspecified atom stereocenters. The number of aromatic nitrogens is 1. The fourth-order valence-electron chi connectivity index (χ4n) is 2.60. The largest absolute Gasteiger partial charge is 0.352 e. The zero-order chi connectivity index (χ0) is 15.5. The first-order valence-corrected chi connectivity index (χ1v) is 8.09. The second-order valence-electron chi connectivity index (χ2n) is 5.34. The minimum absolute atomic E-state index is 0.0497. The van der Waals surface area contributed by atoms with Crippen molar-refractivity contribution in [3.63, 3.8) is 0 Å². The van der Waals surface area contributed by atoms with Crippen molar-refractivity contribution in [1.82, 2.24) is 15.2 Å². The molecule has 1 aromatic heterocycles. The number of rotatable bonds is 3. The maximum Gasteiger partial charge on any atom is 0.273 e. The lowest BCUT2D eigenvalue weighted by Gasteiger charge is -2.15. The number of hydrogen-bond donors (Lipinski definition) is 1. The second kappa shape index (κ2) is 6.27. The summed E-state index contributed by atoms with van der Waals surface area (Å²) in [6.45, 7) is 2.70. The highest BCUT2D eigenvalue weighted by molar-refractivity contribution is 7.13. The number of hydrogen-bond acceptors (Lipinski definition) is 4. The van der Waals surface area contributed by atoms with Crippen LogP contribution in [0.25, 0.3) is 10.6 Å². The highest BCUT2D eigenvalue weighted by Crippen LogP contribution is 2.24. The van der Waals surface area contributed by atoms with E-state index in [2.05, 4.69) is 10.3 Å². The van der Waals surface area contributed by atoms with Gasteiger partial charge in [0.15, 0.2) is 0 Å². The Morgan fingerprint density at radius 2 is 2.09 bits per heavy atom. The molecule has 5 nitrogen and oxygen atoms in total. The molecular formula is C16H17N3O2S. The normalized spacial score (nSPS) is 17.5. The fraction of sp³-hybridized carbons (Fsp3) is 0.312. The predicted molar refractivity (Wildman–Crippen MR) is 85.7 cm³/mol. The van der Waals surface area contributed by atoms with Gasteiger partial charge in [0.25, 0.3) is 5.91 Å². The van der Waals surface area contributed by atoms with Crippen LogP contribution in [0.2, 0.25) is 0 Å². The van der Waals surface area contributed by atoms with E-state index in [4.69, 9.17) is 0 Å². The van der Waals surface area contributed by atoms with E-state index in [0.717, 1.165) is 17.0 Å². The van der Waals surface area contributed by atoms with E-state index in [-0.39, 0.29) is 17.9 Å². The van der Waals surface area contributed by atoms with Gasteiger partial charge in [0, 0.05) is 37.0 Å². The zero-order valence-electron chi connectivity index (χ0n) is 12.3. The number of carbonyl (C=O) groups is 2. The van der Waals surface area contributed by atoms with Gasteiger partial charge in [0.1, 0.15) is 10.7 Å². The number of nitrogens with zero attached hydrogens (tertiary/aromatic N) is 2. The van der Waals surface area contributed by atoms with Gasteiger partial charge in [-0.25, -0.2) is 4.98 Å². The van der Waals surface area contributed by atoms with E-state index >= 15 is 0 Å². The average molecular weight is 315 g/mol. The van der Waals surface area contributed by atoms with Crippen LogP contribution in [-0.2, 0) is 4.79 Å². The molecule has 2 heterocycles. The molecule has 1 saturated heterocycles. The third-order valence-electron chi connectivity index (χ3n) is 3.63. The molecule has 1 aromatic carbocycles. The van der Waals surface area contributed by atoms with E-state index in [9.17, 15) is 9.59 Å². The molecule has 0 spiro atoms. The van der Waals surface area contributed by atoms with Gasteiger partial charge >= 0.3 is 0 Å². The Bertz CT molecular complexity index is 684. The van der Waals surface area contributed by atoms with E-state index < -0.39 is 0 Å². The van der Waals surface area contributed by atoms with Crippen LogP contribution in [0, 0.1) is 0 Å². The Balaban J connectivity index is 1.69. The summed E-state index contributed by atoms with van der Waals surface area (Å²) < 4.78 is 0. The van der Waals surface area contributed by atoms with Gasteiger partial charge in [0.05, 0.1) is 0 Å². The first-order chi connectivity index (χ1) is 10.6. The van der Waals surface area contributed by atoms with Gasteiger partial charge in [-0.1, -0.05) is 30.3 Å². The topological polar surface area (TPSA) is 62.3 Å². The van der Waals surface area contributed by atoms with Crippen molar-refractivity contribution in [3.8, 4) is 10.6 Å². The lowest BCUT2D eigenvalue weighted by Crippen LogP contribution is -2.37. The third kappa shape index (κ3) is 3.17. The number of benzene rings is 1. The van der Waals surface area contributed by atoms with Crippen LogP contribution in [0.15, 0.2) is 35.7 Å². The van der Waals surface area contributed by atoms with Crippen molar-refractivity contribution < 1.29 is 9.59 Å². The first kappa shape index (κ1) is 14.7. The molecule has 2 amide bonds. The van der Waals surface area contributed by atoms with Gasteiger partial charge in [-0.3, -0.25) is 9.59 Å². The molecule has 0 aliphatic carbocycles. The highest BCUT2D eigenvalue weighted by Gasteiger charge is 2.28. The molecular weight excluding hydrogens is 298 g/mol. The molecule has 2 aromatic rings. The van der Waals surface area contributed by atoms with Crippen LogP contribution >= 0.6 is 11.3 Å². The molecule has 6 heteroatoms. The van der Waals surface area contributed by atoms with Crippen LogP contribution in [0.1, 0.15) is 23.8 Å². The lowest BCUT2D eigenvalue weighted by atomic mass is 10.2. The van der Waals surface area contributed by atoms with E-state index in [1.807, 2.05) is 30.3 Å². The minimum atomic E-state index is -0.0636. The Morgan fingerprint density at radius 3 is 2.82 bits per heavy atom. The second-order valence-corrected chi connectivity index (χ2v) is 6.20. The van der Waals surface area contributed by atoms with Crippen molar-refractivity contribution >= 4 is 23.2 Å². The number of carbonyl (C=O) groups excluding carboxylic acids is 2. The van der Waals surface area contributed by atoms with E-state index in [1.54, 1.807) is 10.3 Å². The molecule has 0 radical (unpaired) electrons. The summed E-state index contributed by atoms with van der Waals surface area (Å²) in [5, 5.41) is 5.51. The van der Waals surface area contributed by atoms with Gasteiger partial charge in [-0.05, 0) is 6.42 Å². The van der Waals surface area contributed by atoms with Crippen LogP contribution in [0.3, 0.4) is 0 Å². The highest BCUT2D eigenvalue weighted by atomic mass is 32.1. The van der Waals surface area contributed by atoms with Gasteiger partial charge in [-0.15, -0.1) is 11.3 Å². The molecule has 0 saturated carbocycles. The summed E-state index contributed by atoms with van der Waals surface area (Å²) in [4.78, 5) is 29.8. The van der Waals surface area contributed by atoms with E-state index in [0.29, 0.717) is 18.8 Å². The fourth-order valence-corrected chi connectivity index (χ4v) is 3.40. The monoisotopic (exact) mass is 315 g/mol. The summed E-state index contributed by atoms with van der Waals surface area (Å²) in [6, 6.07) is 9.88. The summed E-state index contributed by atoms with van der Waals surface area (Å²) in [7, 11) is 0. The van der Waals surface area contributed by atoms with Crippen molar-refractivity contribution in [1.29, 1.82) is 0 Å². The molecule has 0 bridgehead atoms. The van der Waals surface area contributed by atoms with Crippen molar-refractivity contribution in [2.24, 2.45) is 0 Å². The number of likely N-dealkylation sites (tertiary alicyclic amines) is 1. The average Bonchev–Trinajstić information content (AvgIpc) is 3.16. The quantitative estimate of drug-likeness (QED) is 0.944. The molecule has 1 fully saturated rings. The molecule has 3 rings (SSSR count). The lowest BCUT2D eigenvalue weighted by molar-refractivity contribution is -0.119. The zero-order valence-corrected chi connectivity index (χ0v) is 13.1. The standard InChI is InChI=1S/C16H17N3O2S/c1-11(20)17-13-7-8-19(9-13)16(21)14-10-22-15(18-14)12-5-3-2-4-6-12/h2-6,10,13H,7-9H2,1H3,(H,17,20). The van der Waals surface area contributed by atoms with Gasteiger partial charge < -0.3 is 10.2 Å². The van der Waals surface area contributed by atoms with E-state index in [1.165, 1.54) is 18.3 Å². The molecule has 1 aliphatic rings. The number of amides is 2. The van der Waals surface area contributed by atoms with Gasteiger partial charge in [0.2, 0.25) is 5.91 Å². The third-order valence-corrected chi connectivity index (χ3v) is 4.52. The van der Waals surface area contributed by atoms with Crippen molar-refractivity contribution in [2.75, 3.05) is 13.1 Å².